The molecule has 11 unspecified atom stereocenters. The highest BCUT2D eigenvalue weighted by molar-refractivity contribution is 6.00. The van der Waals surface area contributed by atoms with E-state index in [1.54, 1.807) is 17.7 Å². The third-order valence-electron chi connectivity index (χ3n) is 17.0. The Hall–Kier alpha value is -2.47. The molecule has 0 radical (unpaired) electrons. The molecule has 6 heteroatoms. The molecule has 3 N–H and O–H groups in total. The highest BCUT2D eigenvalue weighted by atomic mass is 16.4. The average Bonchev–Trinajstić information content (AvgIpc) is 3.36. The van der Waals surface area contributed by atoms with Gasteiger partial charge >= 0.3 is 5.97 Å². The van der Waals surface area contributed by atoms with E-state index in [2.05, 4.69) is 46.9 Å². The first kappa shape index (κ1) is 36.9. The topological polar surface area (TPSA) is 104 Å². The lowest BCUT2D eigenvalue weighted by Gasteiger charge is -2.69. The Bertz CT molecular complexity index is 1570. The predicted octanol–water partition coefficient (Wildman–Crippen LogP) is 9.39. The van der Waals surface area contributed by atoms with Crippen LogP contribution in [0.25, 0.3) is 0 Å². The van der Waals surface area contributed by atoms with E-state index in [0.717, 1.165) is 37.9 Å². The third kappa shape index (κ3) is 5.87. The van der Waals surface area contributed by atoms with Crippen molar-refractivity contribution in [1.29, 1.82) is 0 Å². The quantitative estimate of drug-likeness (QED) is 0.210. The van der Waals surface area contributed by atoms with Crippen LogP contribution in [0.2, 0.25) is 0 Å². The van der Waals surface area contributed by atoms with Crippen LogP contribution in [-0.2, 0) is 20.9 Å². The van der Waals surface area contributed by atoms with E-state index < -0.39 is 5.97 Å². The average molecular weight is 700 g/mol. The summed E-state index contributed by atoms with van der Waals surface area (Å²) in [5.41, 5.74) is 4.45. The van der Waals surface area contributed by atoms with Gasteiger partial charge in [0.2, 0.25) is 0 Å². The first-order chi connectivity index (χ1) is 24.0. The van der Waals surface area contributed by atoms with E-state index in [9.17, 15) is 24.6 Å². The van der Waals surface area contributed by atoms with Crippen molar-refractivity contribution in [2.45, 2.75) is 132 Å². The molecule has 6 nitrogen and oxygen atoms in total. The minimum atomic E-state index is -0.751. The summed E-state index contributed by atoms with van der Waals surface area (Å²) in [4.78, 5) is 39.1. The van der Waals surface area contributed by atoms with Crippen molar-refractivity contribution in [2.75, 3.05) is 6.54 Å². The summed E-state index contributed by atoms with van der Waals surface area (Å²) in [6, 6.07) is 7.44. The fraction of sp³-hybridized carbons (Fsp3) is 0.756. The van der Waals surface area contributed by atoms with Gasteiger partial charge in [0.15, 0.2) is 5.78 Å². The van der Waals surface area contributed by atoms with E-state index >= 15 is 0 Å². The van der Waals surface area contributed by atoms with Gasteiger partial charge in [-0.1, -0.05) is 66.2 Å². The summed E-state index contributed by atoms with van der Waals surface area (Å²) in [6.45, 7) is 18.3. The molecule has 0 spiro atoms. The number of benzene rings is 1. The summed E-state index contributed by atoms with van der Waals surface area (Å²) < 4.78 is 0. The van der Waals surface area contributed by atoms with Crippen molar-refractivity contribution < 1.29 is 24.6 Å². The van der Waals surface area contributed by atoms with Crippen LogP contribution in [0, 0.1) is 74.9 Å². The van der Waals surface area contributed by atoms with Crippen LogP contribution >= 0.6 is 0 Å². The molecular weight excluding hydrogens is 634 g/mol. The van der Waals surface area contributed by atoms with Crippen molar-refractivity contribution in [3.8, 4) is 5.75 Å². The summed E-state index contributed by atoms with van der Waals surface area (Å²) in [5, 5.41) is 22.9. The Morgan fingerprint density at radius 3 is 2.27 bits per heavy atom. The van der Waals surface area contributed by atoms with Crippen LogP contribution in [-0.4, -0.2) is 34.3 Å². The van der Waals surface area contributed by atoms with Crippen molar-refractivity contribution >= 4 is 17.5 Å². The van der Waals surface area contributed by atoms with Gasteiger partial charge in [-0.15, -0.1) is 0 Å². The van der Waals surface area contributed by atoms with Crippen LogP contribution in [0.4, 0.5) is 0 Å². The minimum absolute atomic E-state index is 0.0148. The number of carboxylic acid groups (broad SMARTS) is 1. The number of carbonyl (C=O) groups is 3. The maximum Gasteiger partial charge on any atom is 0.306 e. The maximum absolute atomic E-state index is 13.9. The van der Waals surface area contributed by atoms with Gasteiger partial charge < -0.3 is 15.5 Å². The number of hydrogen-bond acceptors (Lipinski definition) is 5. The predicted molar refractivity (Wildman–Crippen MR) is 201 cm³/mol. The zero-order chi connectivity index (χ0) is 36.7. The number of hydrogen-bond donors (Lipinski definition) is 3. The molecule has 0 saturated heterocycles. The van der Waals surface area contributed by atoms with Gasteiger partial charge in [-0.2, -0.15) is 0 Å². The van der Waals surface area contributed by atoms with Crippen molar-refractivity contribution in [3.05, 3.63) is 41.0 Å². The molecular formula is C45H65NO5. The molecule has 0 bridgehead atoms. The van der Waals surface area contributed by atoms with Gasteiger partial charge in [0, 0.05) is 30.7 Å². The molecule has 0 aliphatic heterocycles. The number of phenolic OH excluding ortho intramolecular Hbond substituents is 1. The lowest BCUT2D eigenvalue weighted by molar-refractivity contribution is -0.193. The number of aromatic hydroxyl groups is 1. The van der Waals surface area contributed by atoms with Crippen LogP contribution in [0.1, 0.15) is 131 Å². The number of allylic oxidation sites excluding steroid dienone is 2. The van der Waals surface area contributed by atoms with E-state index in [0.29, 0.717) is 66.2 Å². The van der Waals surface area contributed by atoms with Crippen molar-refractivity contribution in [2.24, 2.45) is 74.9 Å². The van der Waals surface area contributed by atoms with Crippen LogP contribution in [0.5, 0.6) is 5.75 Å². The van der Waals surface area contributed by atoms with E-state index in [1.165, 1.54) is 44.1 Å². The van der Waals surface area contributed by atoms with Gasteiger partial charge in [-0.3, -0.25) is 14.4 Å². The van der Waals surface area contributed by atoms with Crippen molar-refractivity contribution in [1.82, 2.24) is 5.32 Å². The van der Waals surface area contributed by atoms with Gasteiger partial charge in [0.05, 0.1) is 5.92 Å². The number of nitrogens with one attached hydrogen (secondary N) is 1. The molecule has 280 valence electrons. The number of carboxylic acids is 1. The molecule has 0 heterocycles. The molecule has 1 aromatic rings. The van der Waals surface area contributed by atoms with Gasteiger partial charge in [0.1, 0.15) is 11.5 Å². The molecule has 6 aliphatic rings. The molecule has 51 heavy (non-hydrogen) atoms. The SMILES string of the molecule is CC(C)C1=C2C3CCC4C(C)(CCC5C(C)(C)C(CC(=O)C6CC(C(=O)O)C6C)CCC54C)C3CCC2(CCNCc2ccc(O)cc2)CC1=O. The van der Waals surface area contributed by atoms with Gasteiger partial charge in [-0.05, 0) is 152 Å². The summed E-state index contributed by atoms with van der Waals surface area (Å²) in [6.07, 6.45) is 12.3. The molecule has 11 atom stereocenters. The summed E-state index contributed by atoms with van der Waals surface area (Å²) in [5.74, 6) is 2.75. The summed E-state index contributed by atoms with van der Waals surface area (Å²) in [7, 11) is 0. The Labute approximate surface area is 307 Å². The molecule has 0 aromatic heterocycles. The summed E-state index contributed by atoms with van der Waals surface area (Å²) >= 11 is 0. The lowest BCUT2D eigenvalue weighted by Crippen LogP contribution is -2.62. The second kappa shape index (κ2) is 13.1. The Balaban J connectivity index is 1.08. The largest absolute Gasteiger partial charge is 0.508 e. The van der Waals surface area contributed by atoms with Crippen LogP contribution < -0.4 is 5.32 Å². The van der Waals surface area contributed by atoms with Crippen LogP contribution in [0.3, 0.4) is 0 Å². The number of ketones is 2. The highest BCUT2D eigenvalue weighted by Crippen LogP contribution is 2.74. The lowest BCUT2D eigenvalue weighted by atomic mass is 9.35. The third-order valence-corrected chi connectivity index (χ3v) is 17.0. The Morgan fingerprint density at radius 2 is 1.61 bits per heavy atom. The standard InChI is InChI=1S/C45H65NO5/c1-26(2)39-36(49)24-45(20-21-46-25-28-8-10-30(47)11-9-28)19-15-34-31(40(39)45)12-13-38-43(34,6)18-16-37-42(4,5)29(14-17-44(37,38)7)22-35(48)32-23-33(27(32)3)41(50)51/h8-11,26-27,29,31-34,37-38,46-47H,12-25H2,1-7H3,(H,50,51). The molecule has 5 saturated carbocycles. The number of rotatable bonds is 10. The van der Waals surface area contributed by atoms with Gasteiger partial charge in [-0.25, -0.2) is 0 Å². The number of carbonyl (C=O) groups excluding carboxylic acids is 2. The van der Waals surface area contributed by atoms with Crippen LogP contribution in [0.15, 0.2) is 35.4 Å². The minimum Gasteiger partial charge on any atom is -0.508 e. The number of phenols is 1. The smallest absolute Gasteiger partial charge is 0.306 e. The molecule has 1 aromatic carbocycles. The Kier molecular flexibility index (Phi) is 9.49. The maximum atomic E-state index is 13.9. The first-order valence-corrected chi connectivity index (χ1v) is 20.6. The molecule has 0 amide bonds. The second-order valence-corrected chi connectivity index (χ2v) is 19.8. The molecule has 7 rings (SSSR count). The Morgan fingerprint density at radius 1 is 0.902 bits per heavy atom. The zero-order valence-corrected chi connectivity index (χ0v) is 32.5. The molecule has 5 fully saturated rings. The number of Topliss-reactive ketones (excluding diaryl/α,β-unsaturated/α-hetero) is 2. The van der Waals surface area contributed by atoms with E-state index in [-0.39, 0.29) is 45.3 Å². The van der Waals surface area contributed by atoms with Gasteiger partial charge in [0.25, 0.3) is 0 Å². The second-order valence-electron chi connectivity index (χ2n) is 19.8. The first-order valence-electron chi connectivity index (χ1n) is 20.6. The fourth-order valence-electron chi connectivity index (χ4n) is 14.3. The number of fused-ring (bicyclic) bond motifs is 7. The number of aliphatic carboxylic acids is 1. The molecule has 6 aliphatic carbocycles. The highest BCUT2D eigenvalue weighted by Gasteiger charge is 2.66. The zero-order valence-electron chi connectivity index (χ0n) is 32.5. The monoisotopic (exact) mass is 699 g/mol. The van der Waals surface area contributed by atoms with Crippen molar-refractivity contribution in [3.63, 3.8) is 0 Å². The fourth-order valence-corrected chi connectivity index (χ4v) is 14.3. The van der Waals surface area contributed by atoms with E-state index in [4.69, 9.17) is 0 Å². The van der Waals surface area contributed by atoms with E-state index in [1.807, 2.05) is 19.1 Å². The normalized spacial score (nSPS) is 41.3.